The number of piperidine rings is 1. The summed E-state index contributed by atoms with van der Waals surface area (Å²) in [5.41, 5.74) is 2.41. The van der Waals surface area contributed by atoms with Crippen molar-refractivity contribution in [2.24, 2.45) is 0 Å². The lowest BCUT2D eigenvalue weighted by atomic mass is 10.2. The van der Waals surface area contributed by atoms with Crippen LogP contribution in [0.3, 0.4) is 0 Å². The van der Waals surface area contributed by atoms with Crippen LogP contribution in [0.25, 0.3) is 0 Å². The third-order valence-corrected chi connectivity index (χ3v) is 4.62. The van der Waals surface area contributed by atoms with E-state index in [1.165, 1.54) is 53.5 Å². The smallest absolute Gasteiger partial charge is 0.0526 e. The maximum atomic E-state index is 3.42. The molecule has 2 heterocycles. The van der Waals surface area contributed by atoms with Crippen LogP contribution in [0.1, 0.15) is 19.3 Å². The molecule has 2 aliphatic rings. The first-order chi connectivity index (χ1) is 9.93. The van der Waals surface area contributed by atoms with Crippen molar-refractivity contribution in [3.8, 4) is 0 Å². The number of hydrogen-bond acceptors (Lipinski definition) is 3. The van der Waals surface area contributed by atoms with Crippen molar-refractivity contribution in [2.75, 3.05) is 18.4 Å². The second-order valence-corrected chi connectivity index (χ2v) is 6.11. The van der Waals surface area contributed by atoms with E-state index in [1.54, 1.807) is 0 Å². The highest BCUT2D eigenvalue weighted by Gasteiger charge is 2.13. The summed E-state index contributed by atoms with van der Waals surface area (Å²) < 4.78 is 0. The van der Waals surface area contributed by atoms with Crippen LogP contribution < -0.4 is 10.6 Å². The maximum Gasteiger partial charge on any atom is 0.0526 e. The number of benzene rings is 2. The fourth-order valence-electron chi connectivity index (χ4n) is 2.38. The quantitative estimate of drug-likeness (QED) is 0.628. The van der Waals surface area contributed by atoms with Crippen molar-refractivity contribution < 1.29 is 0 Å². The van der Waals surface area contributed by atoms with Gasteiger partial charge in [-0.25, -0.2) is 0 Å². The molecule has 1 fully saturated rings. The number of para-hydroxylation sites is 2. The predicted octanol–water partition coefficient (Wildman–Crippen LogP) is 4.65. The highest BCUT2D eigenvalue weighted by Crippen LogP contribution is 2.43. The predicted molar refractivity (Wildman–Crippen MR) is 87.0 cm³/mol. The molecular formula is C17H20N2S. The fourth-order valence-corrected chi connectivity index (χ4v) is 3.37. The van der Waals surface area contributed by atoms with Crippen molar-refractivity contribution in [1.82, 2.24) is 5.32 Å². The van der Waals surface area contributed by atoms with Crippen LogP contribution in [-0.2, 0) is 0 Å². The summed E-state index contributed by atoms with van der Waals surface area (Å²) in [7, 11) is 0. The average molecular weight is 284 g/mol. The molecule has 2 aromatic carbocycles. The van der Waals surface area contributed by atoms with Crippen LogP contribution in [0, 0.1) is 0 Å². The molecule has 0 aliphatic carbocycles. The van der Waals surface area contributed by atoms with Gasteiger partial charge in [0.05, 0.1) is 11.4 Å². The first-order valence-corrected chi connectivity index (χ1v) is 8.09. The molecular weight excluding hydrogens is 264 g/mol. The van der Waals surface area contributed by atoms with Gasteiger partial charge in [-0.15, -0.1) is 0 Å². The van der Waals surface area contributed by atoms with Crippen molar-refractivity contribution in [1.29, 1.82) is 0 Å². The summed E-state index contributed by atoms with van der Waals surface area (Å²) in [5, 5.41) is 6.70. The summed E-state index contributed by atoms with van der Waals surface area (Å²) >= 11 is 1.82. The molecule has 0 bridgehead atoms. The minimum atomic E-state index is 1.20. The van der Waals surface area contributed by atoms with E-state index < -0.39 is 0 Å². The first-order valence-electron chi connectivity index (χ1n) is 7.27. The Balaban J connectivity index is 0.000000170. The Morgan fingerprint density at radius 1 is 0.700 bits per heavy atom. The van der Waals surface area contributed by atoms with E-state index in [1.807, 2.05) is 11.8 Å². The molecule has 2 aliphatic heterocycles. The van der Waals surface area contributed by atoms with Gasteiger partial charge >= 0.3 is 0 Å². The Morgan fingerprint density at radius 2 is 1.25 bits per heavy atom. The molecule has 2 N–H and O–H groups in total. The summed E-state index contributed by atoms with van der Waals surface area (Å²) in [6.45, 7) is 2.50. The van der Waals surface area contributed by atoms with Gasteiger partial charge in [0, 0.05) is 9.79 Å². The Hall–Kier alpha value is -1.45. The van der Waals surface area contributed by atoms with Gasteiger partial charge in [0.2, 0.25) is 0 Å². The summed E-state index contributed by atoms with van der Waals surface area (Å²) in [5.74, 6) is 0. The van der Waals surface area contributed by atoms with E-state index in [0.29, 0.717) is 0 Å². The Morgan fingerprint density at radius 3 is 1.70 bits per heavy atom. The Labute approximate surface area is 125 Å². The normalized spacial score (nSPS) is 16.0. The second kappa shape index (κ2) is 6.82. The van der Waals surface area contributed by atoms with E-state index in [0.717, 1.165) is 0 Å². The van der Waals surface area contributed by atoms with Gasteiger partial charge < -0.3 is 10.6 Å². The van der Waals surface area contributed by atoms with Gasteiger partial charge in [0.15, 0.2) is 0 Å². The fraction of sp³-hybridized carbons (Fsp3) is 0.294. The number of nitrogens with one attached hydrogen (secondary N) is 2. The van der Waals surface area contributed by atoms with Crippen LogP contribution in [0.5, 0.6) is 0 Å². The van der Waals surface area contributed by atoms with Gasteiger partial charge in [-0.3, -0.25) is 0 Å². The lowest BCUT2D eigenvalue weighted by molar-refractivity contribution is 0.520. The zero-order valence-electron chi connectivity index (χ0n) is 11.6. The van der Waals surface area contributed by atoms with Gasteiger partial charge in [-0.1, -0.05) is 42.4 Å². The van der Waals surface area contributed by atoms with Gasteiger partial charge in [-0.05, 0) is 50.2 Å². The molecule has 104 valence electrons. The lowest BCUT2D eigenvalue weighted by Gasteiger charge is -2.19. The SMILES string of the molecule is C1CCNCC1.c1ccc2c(c1)Nc1ccccc1S2. The van der Waals surface area contributed by atoms with Crippen molar-refractivity contribution in [3.63, 3.8) is 0 Å². The molecule has 0 atom stereocenters. The molecule has 3 heteroatoms. The molecule has 4 rings (SSSR count). The highest BCUT2D eigenvalue weighted by atomic mass is 32.2. The van der Waals surface area contributed by atoms with E-state index in [2.05, 4.69) is 59.2 Å². The number of fused-ring (bicyclic) bond motifs is 2. The topological polar surface area (TPSA) is 24.1 Å². The molecule has 0 amide bonds. The number of anilines is 2. The average Bonchev–Trinajstić information content (AvgIpc) is 2.55. The molecule has 2 aromatic rings. The first kappa shape index (κ1) is 13.5. The number of rotatable bonds is 0. The second-order valence-electron chi connectivity index (χ2n) is 5.03. The minimum Gasteiger partial charge on any atom is -0.354 e. The summed E-state index contributed by atoms with van der Waals surface area (Å²) in [6.07, 6.45) is 4.22. The van der Waals surface area contributed by atoms with Gasteiger partial charge in [-0.2, -0.15) is 0 Å². The Kier molecular flexibility index (Phi) is 4.61. The van der Waals surface area contributed by atoms with Crippen LogP contribution in [0.2, 0.25) is 0 Å². The van der Waals surface area contributed by atoms with Crippen molar-refractivity contribution >= 4 is 23.1 Å². The molecule has 20 heavy (non-hydrogen) atoms. The molecule has 0 spiro atoms. The van der Waals surface area contributed by atoms with E-state index >= 15 is 0 Å². The molecule has 2 nitrogen and oxygen atoms in total. The zero-order valence-corrected chi connectivity index (χ0v) is 12.4. The largest absolute Gasteiger partial charge is 0.354 e. The lowest BCUT2D eigenvalue weighted by Crippen LogP contribution is -2.21. The molecule has 1 saturated heterocycles. The zero-order chi connectivity index (χ0) is 13.6. The van der Waals surface area contributed by atoms with Gasteiger partial charge in [0.1, 0.15) is 0 Å². The van der Waals surface area contributed by atoms with Crippen molar-refractivity contribution in [3.05, 3.63) is 48.5 Å². The third kappa shape index (κ3) is 3.35. The maximum absolute atomic E-state index is 3.42. The van der Waals surface area contributed by atoms with Crippen LogP contribution in [-0.4, -0.2) is 13.1 Å². The van der Waals surface area contributed by atoms with Gasteiger partial charge in [0.25, 0.3) is 0 Å². The van der Waals surface area contributed by atoms with E-state index in [-0.39, 0.29) is 0 Å². The molecule has 0 radical (unpaired) electrons. The number of hydrogen-bond donors (Lipinski definition) is 2. The van der Waals surface area contributed by atoms with E-state index in [4.69, 9.17) is 0 Å². The summed E-state index contributed by atoms with van der Waals surface area (Å²) in [4.78, 5) is 2.59. The summed E-state index contributed by atoms with van der Waals surface area (Å²) in [6, 6.07) is 16.8. The van der Waals surface area contributed by atoms with Crippen LogP contribution in [0.4, 0.5) is 11.4 Å². The highest BCUT2D eigenvalue weighted by molar-refractivity contribution is 7.99. The van der Waals surface area contributed by atoms with Crippen molar-refractivity contribution in [2.45, 2.75) is 29.1 Å². The van der Waals surface area contributed by atoms with E-state index in [9.17, 15) is 0 Å². The molecule has 0 unspecified atom stereocenters. The van der Waals surface area contributed by atoms with Crippen LogP contribution in [0.15, 0.2) is 58.3 Å². The Bertz CT molecular complexity index is 465. The molecule has 0 aromatic heterocycles. The monoisotopic (exact) mass is 284 g/mol. The third-order valence-electron chi connectivity index (χ3n) is 3.47. The standard InChI is InChI=1S/C12H9NS.C5H11N/c1-3-7-11-9(5-1)13-10-6-2-4-8-12(10)14-11;1-2-4-6-5-3-1/h1-8,13H;6H,1-5H2. The molecule has 0 saturated carbocycles. The minimum absolute atomic E-state index is 1.20. The van der Waals surface area contributed by atoms with Crippen LogP contribution >= 0.6 is 11.8 Å².